The van der Waals surface area contributed by atoms with E-state index in [1.807, 2.05) is 40.8 Å². The Morgan fingerprint density at radius 1 is 1.22 bits per heavy atom. The molecule has 0 bridgehead atoms. The number of nitrogens with one attached hydrogen (secondary N) is 2. The van der Waals surface area contributed by atoms with Crippen LogP contribution in [-0.2, 0) is 16.1 Å². The molecule has 0 aromatic heterocycles. The van der Waals surface area contributed by atoms with Crippen LogP contribution in [0.25, 0.3) is 0 Å². The molecule has 0 aliphatic rings. The van der Waals surface area contributed by atoms with Crippen LogP contribution in [0, 0.1) is 5.92 Å². The molecular formula is C29H45F2N3O3. The Balaban J connectivity index is 0.000000989. The largest absolute Gasteiger partial charge is 0.431 e. The van der Waals surface area contributed by atoms with E-state index in [0.29, 0.717) is 43.9 Å². The molecule has 1 rings (SSSR count). The second-order valence-electron chi connectivity index (χ2n) is 9.15. The molecule has 0 fully saturated rings. The second-order valence-corrected chi connectivity index (χ2v) is 9.15. The summed E-state index contributed by atoms with van der Waals surface area (Å²) in [5.41, 5.74) is 4.60. The molecule has 0 aliphatic carbocycles. The fourth-order valence-electron chi connectivity index (χ4n) is 3.03. The number of aliphatic imine (C=N–C) groups is 1. The smallest absolute Gasteiger partial charge is 0.394 e. The van der Waals surface area contributed by atoms with Gasteiger partial charge in [0.15, 0.2) is 5.78 Å². The number of benzene rings is 1. The summed E-state index contributed by atoms with van der Waals surface area (Å²) >= 11 is 0. The predicted octanol–water partition coefficient (Wildman–Crippen LogP) is 7.29. The number of Topliss-reactive ketones (excluding diaryl/α,β-unsaturated/α-hetero) is 1. The Hall–Kier alpha value is -3.00. The van der Waals surface area contributed by atoms with Gasteiger partial charge < -0.3 is 20.1 Å². The first kappa shape index (κ1) is 34.0. The van der Waals surface area contributed by atoms with Crippen LogP contribution >= 0.6 is 0 Å². The number of rotatable bonds is 14. The van der Waals surface area contributed by atoms with Gasteiger partial charge in [0.2, 0.25) is 0 Å². The minimum absolute atomic E-state index is 0.0576. The van der Waals surface area contributed by atoms with Crippen LogP contribution < -0.4 is 15.4 Å². The van der Waals surface area contributed by atoms with Crippen molar-refractivity contribution in [3.05, 3.63) is 59.0 Å². The fourth-order valence-corrected chi connectivity index (χ4v) is 3.03. The molecule has 8 heteroatoms. The minimum Gasteiger partial charge on any atom is -0.431 e. The van der Waals surface area contributed by atoms with Crippen LogP contribution in [0.3, 0.4) is 0 Å². The van der Waals surface area contributed by atoms with Crippen molar-refractivity contribution in [1.29, 1.82) is 0 Å². The van der Waals surface area contributed by atoms with Gasteiger partial charge in [0.1, 0.15) is 5.75 Å². The highest BCUT2D eigenvalue weighted by Crippen LogP contribution is 2.31. The third-order valence-electron chi connectivity index (χ3n) is 4.82. The van der Waals surface area contributed by atoms with Crippen molar-refractivity contribution in [1.82, 2.24) is 5.32 Å². The van der Waals surface area contributed by atoms with E-state index in [1.165, 1.54) is 6.07 Å². The summed E-state index contributed by atoms with van der Waals surface area (Å²) < 4.78 is 37.0. The van der Waals surface area contributed by atoms with Crippen molar-refractivity contribution in [3.63, 3.8) is 0 Å². The lowest BCUT2D eigenvalue weighted by atomic mass is 10.1. The van der Waals surface area contributed by atoms with Crippen molar-refractivity contribution in [2.75, 3.05) is 26.0 Å². The molecule has 0 atom stereocenters. The third-order valence-corrected chi connectivity index (χ3v) is 4.82. The van der Waals surface area contributed by atoms with E-state index in [2.05, 4.69) is 36.1 Å². The van der Waals surface area contributed by atoms with Crippen LogP contribution in [-0.4, -0.2) is 38.8 Å². The average Bonchev–Trinajstić information content (AvgIpc) is 2.81. The summed E-state index contributed by atoms with van der Waals surface area (Å²) in [6.07, 6.45) is 1.53. The number of anilines is 1. The molecule has 208 valence electrons. The highest BCUT2D eigenvalue weighted by atomic mass is 19.3. The molecule has 1 aromatic rings. The molecule has 37 heavy (non-hydrogen) atoms. The van der Waals surface area contributed by atoms with Crippen LogP contribution in [0.15, 0.2) is 58.4 Å². The van der Waals surface area contributed by atoms with Crippen LogP contribution in [0.5, 0.6) is 5.75 Å². The number of allylic oxidation sites excluding steroid dienone is 4. The molecule has 0 radical (unpaired) electrons. The summed E-state index contributed by atoms with van der Waals surface area (Å²) in [4.78, 5) is 15.0. The number of hydrogen-bond donors (Lipinski definition) is 2. The minimum atomic E-state index is -3.27. The SMILES string of the molecule is C=C(/C=C(\CC)NC)Nc1cc(COCC(C)C)ccc1OC(C)(F)F.CCC(=O)C(C=NC)=C(C)C. The standard InChI is InChI=1S/C20H30F2N2O2.C9H15NO/c1-7-17(23-6)10-15(4)24-18-11-16(13-25-12-14(2)3)8-9-19(18)26-20(5,21)22;1-5-9(11)8(6-10-4)7(2)3/h8-11,14,23-24H,4,7,12-13H2,1-3,5-6H3;6H,5H2,1-4H3/b17-10+;. The van der Waals surface area contributed by atoms with Gasteiger partial charge in [-0.15, -0.1) is 0 Å². The number of ether oxygens (including phenoxy) is 2. The lowest BCUT2D eigenvalue weighted by Crippen LogP contribution is -2.20. The first-order valence-electron chi connectivity index (χ1n) is 12.5. The van der Waals surface area contributed by atoms with Gasteiger partial charge in [0, 0.05) is 57.2 Å². The zero-order valence-corrected chi connectivity index (χ0v) is 23.9. The number of nitrogens with zero attached hydrogens (tertiary/aromatic N) is 1. The highest BCUT2D eigenvalue weighted by Gasteiger charge is 2.25. The molecule has 0 unspecified atom stereocenters. The normalized spacial score (nSPS) is 11.6. The van der Waals surface area contributed by atoms with Gasteiger partial charge >= 0.3 is 6.11 Å². The number of halogens is 2. The topological polar surface area (TPSA) is 71.9 Å². The Labute approximate surface area is 221 Å². The lowest BCUT2D eigenvalue weighted by molar-refractivity contribution is -0.158. The zero-order valence-electron chi connectivity index (χ0n) is 23.9. The van der Waals surface area contributed by atoms with Gasteiger partial charge in [-0.05, 0) is 50.0 Å². The summed E-state index contributed by atoms with van der Waals surface area (Å²) in [5.74, 6) is 0.644. The predicted molar refractivity (Wildman–Crippen MR) is 150 cm³/mol. The van der Waals surface area contributed by atoms with E-state index < -0.39 is 6.11 Å². The third kappa shape index (κ3) is 15.0. The van der Waals surface area contributed by atoms with Crippen LogP contribution in [0.1, 0.15) is 66.9 Å². The molecule has 0 saturated heterocycles. The maximum Gasteiger partial charge on any atom is 0.394 e. The number of ketones is 1. The highest BCUT2D eigenvalue weighted by molar-refractivity contribution is 6.13. The fraction of sp³-hybridized carbons (Fsp3) is 0.517. The first-order valence-corrected chi connectivity index (χ1v) is 12.5. The van der Waals surface area contributed by atoms with Crippen molar-refractivity contribution in [2.45, 2.75) is 74.0 Å². The van der Waals surface area contributed by atoms with Crippen molar-refractivity contribution in [2.24, 2.45) is 10.9 Å². The Kier molecular flexibility index (Phi) is 16.0. The van der Waals surface area contributed by atoms with Crippen molar-refractivity contribution in [3.8, 4) is 5.75 Å². The molecule has 0 saturated carbocycles. The first-order chi connectivity index (χ1) is 17.3. The molecule has 0 aliphatic heterocycles. The van der Waals surface area contributed by atoms with E-state index in [4.69, 9.17) is 9.47 Å². The van der Waals surface area contributed by atoms with Crippen molar-refractivity contribution < 1.29 is 23.0 Å². The molecule has 0 amide bonds. The summed E-state index contributed by atoms with van der Waals surface area (Å²) in [6, 6.07) is 4.98. The maximum absolute atomic E-state index is 13.3. The summed E-state index contributed by atoms with van der Waals surface area (Å²) in [7, 11) is 3.49. The van der Waals surface area contributed by atoms with Crippen LogP contribution in [0.2, 0.25) is 0 Å². The van der Waals surface area contributed by atoms with E-state index in [0.717, 1.165) is 28.8 Å². The second kappa shape index (κ2) is 17.5. The quantitative estimate of drug-likeness (QED) is 0.153. The van der Waals surface area contributed by atoms with Gasteiger partial charge in [-0.25, -0.2) is 0 Å². The molecule has 0 heterocycles. The number of alkyl halides is 2. The van der Waals surface area contributed by atoms with E-state index >= 15 is 0 Å². The van der Waals surface area contributed by atoms with Crippen LogP contribution in [0.4, 0.5) is 14.5 Å². The average molecular weight is 522 g/mol. The van der Waals surface area contributed by atoms with Gasteiger partial charge in [-0.3, -0.25) is 9.79 Å². The lowest BCUT2D eigenvalue weighted by Gasteiger charge is -2.19. The summed E-state index contributed by atoms with van der Waals surface area (Å²) in [5, 5.41) is 6.11. The molecule has 2 N–H and O–H groups in total. The van der Waals surface area contributed by atoms with Gasteiger partial charge in [-0.1, -0.05) is 45.9 Å². The van der Waals surface area contributed by atoms with E-state index in [1.54, 1.807) is 25.4 Å². The summed E-state index contributed by atoms with van der Waals surface area (Å²) in [6.45, 7) is 17.5. The monoisotopic (exact) mass is 521 g/mol. The van der Waals surface area contributed by atoms with Gasteiger partial charge in [-0.2, -0.15) is 8.78 Å². The number of carbonyl (C=O) groups excluding carboxylic acids is 1. The number of carbonyl (C=O) groups is 1. The molecule has 6 nitrogen and oxygen atoms in total. The molecule has 1 aromatic carbocycles. The van der Waals surface area contributed by atoms with E-state index in [-0.39, 0.29) is 11.5 Å². The zero-order chi connectivity index (χ0) is 28.6. The Morgan fingerprint density at radius 3 is 2.32 bits per heavy atom. The number of hydrogen-bond acceptors (Lipinski definition) is 6. The van der Waals surface area contributed by atoms with Gasteiger partial charge in [0.05, 0.1) is 12.3 Å². The maximum atomic E-state index is 13.3. The Morgan fingerprint density at radius 2 is 1.86 bits per heavy atom. The molecular weight excluding hydrogens is 476 g/mol. The molecule has 0 spiro atoms. The van der Waals surface area contributed by atoms with Crippen molar-refractivity contribution >= 4 is 17.7 Å². The van der Waals surface area contributed by atoms with E-state index in [9.17, 15) is 13.6 Å². The van der Waals surface area contributed by atoms with Gasteiger partial charge in [0.25, 0.3) is 0 Å². The Bertz CT molecular complexity index is 952.